The molecule has 1 aromatic rings. The summed E-state index contributed by atoms with van der Waals surface area (Å²) in [6, 6.07) is 5.62. The van der Waals surface area contributed by atoms with Crippen LogP contribution in [0.25, 0.3) is 0 Å². The first-order valence-electron chi connectivity index (χ1n) is 3.62. The quantitative estimate of drug-likeness (QED) is 0.675. The summed E-state index contributed by atoms with van der Waals surface area (Å²) in [6.07, 6.45) is 1.38. The van der Waals surface area contributed by atoms with Crippen LogP contribution in [-0.4, -0.2) is 22.7 Å². The fraction of sp³-hybridized carbons (Fsp3) is 0.375. The number of nitrogens with one attached hydrogen (secondary N) is 1. The Morgan fingerprint density at radius 3 is 3.00 bits per heavy atom. The number of aromatic nitrogens is 1. The Kier molecular flexibility index (Phi) is 2.86. The van der Waals surface area contributed by atoms with Crippen molar-refractivity contribution in [1.82, 2.24) is 4.98 Å². The highest BCUT2D eigenvalue weighted by atomic mass is 16.3. The maximum absolute atomic E-state index is 8.92. The number of nitrogens with zero attached hydrogens (tertiary/aromatic N) is 1. The molecule has 0 aliphatic rings. The van der Waals surface area contributed by atoms with Crippen molar-refractivity contribution in [1.29, 1.82) is 0 Å². The lowest BCUT2D eigenvalue weighted by Crippen LogP contribution is -2.15. The molecule has 0 aromatic carbocycles. The summed E-state index contributed by atoms with van der Waals surface area (Å²) in [7, 11) is 0. The van der Waals surface area contributed by atoms with Gasteiger partial charge in [-0.1, -0.05) is 6.07 Å². The number of hydrogen-bond acceptors (Lipinski definition) is 3. The molecule has 0 radical (unpaired) electrons. The molecular weight excluding hydrogens is 140 g/mol. The molecular formula is C8H12N2O. The summed E-state index contributed by atoms with van der Waals surface area (Å²) in [5.74, 6) is 0.799. The van der Waals surface area contributed by atoms with E-state index in [1.807, 2.05) is 18.2 Å². The van der Waals surface area contributed by atoms with Crippen LogP contribution in [0.1, 0.15) is 6.92 Å². The Labute approximate surface area is 66.1 Å². The van der Waals surface area contributed by atoms with Gasteiger partial charge < -0.3 is 10.4 Å². The Morgan fingerprint density at radius 2 is 2.45 bits per heavy atom. The summed E-state index contributed by atoms with van der Waals surface area (Å²) in [6.45, 7) is 2.27. The molecule has 0 saturated carbocycles. The number of anilines is 1. The topological polar surface area (TPSA) is 45.1 Å². The van der Waals surface area contributed by atoms with Crippen LogP contribution >= 0.6 is 0 Å². The van der Waals surface area contributed by atoms with Gasteiger partial charge in [0.25, 0.3) is 0 Å². The Balaban J connectivity index is 2.39. The number of aliphatic hydroxyl groups excluding tert-OH is 1. The van der Waals surface area contributed by atoms with Crippen molar-refractivity contribution < 1.29 is 5.11 Å². The van der Waals surface area contributed by atoms with Gasteiger partial charge in [-0.05, 0) is 19.1 Å². The van der Waals surface area contributed by atoms with Crippen LogP contribution < -0.4 is 5.32 Å². The van der Waals surface area contributed by atoms with E-state index in [4.69, 9.17) is 5.11 Å². The third kappa shape index (κ3) is 3.00. The Hall–Kier alpha value is -1.09. The second kappa shape index (κ2) is 3.93. The molecule has 0 saturated heterocycles. The molecule has 0 fully saturated rings. The van der Waals surface area contributed by atoms with Crippen LogP contribution in [0.4, 0.5) is 5.82 Å². The zero-order valence-corrected chi connectivity index (χ0v) is 6.49. The standard InChI is InChI=1S/C8H12N2O/c1-7(11)6-10-8-4-2-3-5-9-8/h2-5,7,11H,6H2,1H3,(H,9,10). The van der Waals surface area contributed by atoms with Crippen LogP contribution in [-0.2, 0) is 0 Å². The van der Waals surface area contributed by atoms with Crippen molar-refractivity contribution >= 4 is 5.82 Å². The Morgan fingerprint density at radius 1 is 1.64 bits per heavy atom. The van der Waals surface area contributed by atoms with Gasteiger partial charge in [0.05, 0.1) is 6.10 Å². The van der Waals surface area contributed by atoms with Gasteiger partial charge in [0.15, 0.2) is 0 Å². The first-order chi connectivity index (χ1) is 5.29. The molecule has 2 N–H and O–H groups in total. The number of pyridine rings is 1. The highest BCUT2D eigenvalue weighted by molar-refractivity contribution is 5.32. The van der Waals surface area contributed by atoms with E-state index in [9.17, 15) is 0 Å². The molecule has 60 valence electrons. The molecule has 0 aliphatic carbocycles. The lowest BCUT2D eigenvalue weighted by Gasteiger charge is -2.05. The summed E-state index contributed by atoms with van der Waals surface area (Å²) in [4.78, 5) is 4.03. The van der Waals surface area contributed by atoms with Crippen molar-refractivity contribution in [3.05, 3.63) is 24.4 Å². The van der Waals surface area contributed by atoms with E-state index >= 15 is 0 Å². The normalized spacial score (nSPS) is 12.5. The zero-order chi connectivity index (χ0) is 8.10. The van der Waals surface area contributed by atoms with E-state index in [-0.39, 0.29) is 6.10 Å². The average Bonchev–Trinajstić information content (AvgIpc) is 2.03. The third-order valence-corrected chi connectivity index (χ3v) is 1.24. The molecule has 3 heteroatoms. The second-order valence-corrected chi connectivity index (χ2v) is 2.44. The molecule has 1 heterocycles. The SMILES string of the molecule is CC(O)CNc1ccccn1. The van der Waals surface area contributed by atoms with Gasteiger partial charge in [-0.25, -0.2) is 4.98 Å². The summed E-state index contributed by atoms with van der Waals surface area (Å²) >= 11 is 0. The molecule has 0 spiro atoms. The van der Waals surface area contributed by atoms with E-state index < -0.39 is 0 Å². The first-order valence-corrected chi connectivity index (χ1v) is 3.62. The second-order valence-electron chi connectivity index (χ2n) is 2.44. The number of aliphatic hydroxyl groups is 1. The summed E-state index contributed by atoms with van der Waals surface area (Å²) < 4.78 is 0. The summed E-state index contributed by atoms with van der Waals surface area (Å²) in [5.41, 5.74) is 0. The van der Waals surface area contributed by atoms with Crippen LogP contribution in [0, 0.1) is 0 Å². The maximum Gasteiger partial charge on any atom is 0.125 e. The fourth-order valence-electron chi connectivity index (χ4n) is 0.720. The lowest BCUT2D eigenvalue weighted by molar-refractivity contribution is 0.208. The van der Waals surface area contributed by atoms with Crippen LogP contribution in [0.2, 0.25) is 0 Å². The average molecular weight is 152 g/mol. The highest BCUT2D eigenvalue weighted by Crippen LogP contribution is 1.98. The van der Waals surface area contributed by atoms with Crippen LogP contribution in [0.5, 0.6) is 0 Å². The van der Waals surface area contributed by atoms with Crippen LogP contribution in [0.3, 0.4) is 0 Å². The van der Waals surface area contributed by atoms with Crippen molar-refractivity contribution in [3.8, 4) is 0 Å². The smallest absolute Gasteiger partial charge is 0.125 e. The molecule has 11 heavy (non-hydrogen) atoms. The van der Waals surface area contributed by atoms with Crippen LogP contribution in [0.15, 0.2) is 24.4 Å². The molecule has 1 atom stereocenters. The van der Waals surface area contributed by atoms with Gasteiger partial charge in [-0.2, -0.15) is 0 Å². The molecule has 3 nitrogen and oxygen atoms in total. The minimum Gasteiger partial charge on any atom is -0.392 e. The van der Waals surface area contributed by atoms with E-state index in [0.717, 1.165) is 5.82 Å². The monoisotopic (exact) mass is 152 g/mol. The maximum atomic E-state index is 8.92. The number of hydrogen-bond donors (Lipinski definition) is 2. The van der Waals surface area contributed by atoms with Gasteiger partial charge in [0.2, 0.25) is 0 Å². The minimum atomic E-state index is -0.336. The lowest BCUT2D eigenvalue weighted by atomic mass is 10.4. The van der Waals surface area contributed by atoms with Gasteiger partial charge in [-0.3, -0.25) is 0 Å². The zero-order valence-electron chi connectivity index (χ0n) is 6.49. The predicted octanol–water partition coefficient (Wildman–Crippen LogP) is 0.874. The number of rotatable bonds is 3. The predicted molar refractivity (Wildman–Crippen MR) is 44.4 cm³/mol. The van der Waals surface area contributed by atoms with E-state index in [1.165, 1.54) is 0 Å². The van der Waals surface area contributed by atoms with Crippen molar-refractivity contribution in [2.75, 3.05) is 11.9 Å². The molecule has 0 bridgehead atoms. The van der Waals surface area contributed by atoms with Gasteiger partial charge >= 0.3 is 0 Å². The molecule has 0 aliphatic heterocycles. The van der Waals surface area contributed by atoms with E-state index in [2.05, 4.69) is 10.3 Å². The minimum absolute atomic E-state index is 0.336. The van der Waals surface area contributed by atoms with Crippen molar-refractivity contribution in [2.24, 2.45) is 0 Å². The highest BCUT2D eigenvalue weighted by Gasteiger charge is 1.94. The van der Waals surface area contributed by atoms with Gasteiger partial charge in [0.1, 0.15) is 5.82 Å². The first kappa shape index (κ1) is 8.01. The van der Waals surface area contributed by atoms with E-state index in [0.29, 0.717) is 6.54 Å². The molecule has 1 unspecified atom stereocenters. The third-order valence-electron chi connectivity index (χ3n) is 1.24. The Bertz CT molecular complexity index is 199. The van der Waals surface area contributed by atoms with Gasteiger partial charge in [-0.15, -0.1) is 0 Å². The molecule has 0 amide bonds. The fourth-order valence-corrected chi connectivity index (χ4v) is 0.720. The van der Waals surface area contributed by atoms with Crippen molar-refractivity contribution in [2.45, 2.75) is 13.0 Å². The molecule has 1 aromatic heterocycles. The van der Waals surface area contributed by atoms with E-state index in [1.54, 1.807) is 13.1 Å². The summed E-state index contributed by atoms with van der Waals surface area (Å²) in [5, 5.41) is 11.9. The largest absolute Gasteiger partial charge is 0.392 e. The molecule has 1 rings (SSSR count). The van der Waals surface area contributed by atoms with Gasteiger partial charge in [0, 0.05) is 12.7 Å². The van der Waals surface area contributed by atoms with Crippen molar-refractivity contribution in [3.63, 3.8) is 0 Å².